The molecule has 0 aromatic heterocycles. The van der Waals surface area contributed by atoms with E-state index < -0.39 is 0 Å². The number of anilines is 1. The van der Waals surface area contributed by atoms with Crippen LogP contribution >= 0.6 is 15.9 Å². The number of hydrogen-bond donors (Lipinski definition) is 1. The van der Waals surface area contributed by atoms with E-state index >= 15 is 0 Å². The van der Waals surface area contributed by atoms with Crippen molar-refractivity contribution in [1.82, 2.24) is 5.32 Å². The summed E-state index contributed by atoms with van der Waals surface area (Å²) in [5.41, 5.74) is 2.84. The van der Waals surface area contributed by atoms with E-state index in [0.717, 1.165) is 13.1 Å². The molecule has 0 radical (unpaired) electrons. The van der Waals surface area contributed by atoms with Crippen LogP contribution in [0.1, 0.15) is 46.1 Å². The molecule has 1 heterocycles. The zero-order valence-electron chi connectivity index (χ0n) is 13.8. The lowest BCUT2D eigenvalue weighted by Crippen LogP contribution is -2.34. The molecule has 0 spiro atoms. The number of halogens is 1. The third-order valence-corrected chi connectivity index (χ3v) is 4.78. The summed E-state index contributed by atoms with van der Waals surface area (Å²) in [6, 6.07) is 7.43. The Morgan fingerprint density at radius 2 is 2.05 bits per heavy atom. The largest absolute Gasteiger partial charge is 0.368 e. The van der Waals surface area contributed by atoms with Crippen LogP contribution in [0.2, 0.25) is 0 Å². The predicted molar refractivity (Wildman–Crippen MR) is 95.9 cm³/mol. The van der Waals surface area contributed by atoms with E-state index in [2.05, 4.69) is 72.0 Å². The summed E-state index contributed by atoms with van der Waals surface area (Å²) < 4.78 is 1.17. The van der Waals surface area contributed by atoms with Gasteiger partial charge in [0, 0.05) is 29.3 Å². The van der Waals surface area contributed by atoms with Gasteiger partial charge in [0.1, 0.15) is 0 Å². The van der Waals surface area contributed by atoms with Gasteiger partial charge in [-0.05, 0) is 55.0 Å². The zero-order chi connectivity index (χ0) is 15.4. The molecule has 1 atom stereocenters. The first-order valence-electron chi connectivity index (χ1n) is 8.24. The highest BCUT2D eigenvalue weighted by atomic mass is 79.9. The molecule has 1 aromatic carbocycles. The highest BCUT2D eigenvalue weighted by Crippen LogP contribution is 2.33. The summed E-state index contributed by atoms with van der Waals surface area (Å²) in [4.78, 5) is 2.63. The van der Waals surface area contributed by atoms with Gasteiger partial charge in [-0.15, -0.1) is 0 Å². The maximum Gasteiger partial charge on any atom is 0.0415 e. The summed E-state index contributed by atoms with van der Waals surface area (Å²) in [5.74, 6) is 1.41. The molecule has 0 saturated carbocycles. The molecule has 1 aliphatic heterocycles. The van der Waals surface area contributed by atoms with Crippen LogP contribution in [0, 0.1) is 11.8 Å². The summed E-state index contributed by atoms with van der Waals surface area (Å²) in [7, 11) is 0. The quantitative estimate of drug-likeness (QED) is 0.789. The van der Waals surface area contributed by atoms with Crippen molar-refractivity contribution in [2.75, 3.05) is 18.0 Å². The molecule has 2 nitrogen and oxygen atoms in total. The van der Waals surface area contributed by atoms with E-state index in [0.29, 0.717) is 17.9 Å². The summed E-state index contributed by atoms with van der Waals surface area (Å²) >= 11 is 3.62. The average molecular weight is 353 g/mol. The number of rotatable bonds is 6. The lowest BCUT2D eigenvalue weighted by Gasteiger charge is -2.31. The molecule has 3 heteroatoms. The van der Waals surface area contributed by atoms with Crippen LogP contribution in [0.15, 0.2) is 22.7 Å². The first kappa shape index (κ1) is 16.8. The van der Waals surface area contributed by atoms with Crippen molar-refractivity contribution in [3.05, 3.63) is 28.2 Å². The van der Waals surface area contributed by atoms with Crippen molar-refractivity contribution < 1.29 is 0 Å². The van der Waals surface area contributed by atoms with Crippen LogP contribution in [-0.4, -0.2) is 19.1 Å². The third-order valence-electron chi connectivity index (χ3n) is 4.29. The molecule has 0 aliphatic carbocycles. The van der Waals surface area contributed by atoms with Gasteiger partial charge >= 0.3 is 0 Å². The average Bonchev–Trinajstić information content (AvgIpc) is 2.87. The summed E-state index contributed by atoms with van der Waals surface area (Å²) in [6.07, 6.45) is 2.64. The van der Waals surface area contributed by atoms with E-state index in [1.807, 2.05) is 0 Å². The Kier molecular flexibility index (Phi) is 6.12. The van der Waals surface area contributed by atoms with Crippen molar-refractivity contribution in [3.8, 4) is 0 Å². The molecular weight excluding hydrogens is 324 g/mol. The molecule has 1 saturated heterocycles. The molecule has 0 amide bonds. The van der Waals surface area contributed by atoms with Crippen molar-refractivity contribution >= 4 is 21.6 Å². The molecule has 0 bridgehead atoms. The maximum atomic E-state index is 3.62. The Hall–Kier alpha value is -0.540. The Morgan fingerprint density at radius 3 is 2.71 bits per heavy atom. The number of benzene rings is 1. The molecule has 21 heavy (non-hydrogen) atoms. The Labute approximate surface area is 138 Å². The minimum Gasteiger partial charge on any atom is -0.368 e. The topological polar surface area (TPSA) is 15.3 Å². The molecule has 118 valence electrons. The SMILES string of the molecule is CC(C)CNCc1cc(Br)ccc1N1CCCC1C(C)C. The van der Waals surface area contributed by atoms with Crippen molar-refractivity contribution in [3.63, 3.8) is 0 Å². The van der Waals surface area contributed by atoms with Crippen molar-refractivity contribution in [2.24, 2.45) is 11.8 Å². The van der Waals surface area contributed by atoms with Crippen LogP contribution in [0.25, 0.3) is 0 Å². The van der Waals surface area contributed by atoms with Crippen LogP contribution in [0.3, 0.4) is 0 Å². The molecule has 1 aliphatic rings. The first-order chi connectivity index (χ1) is 9.99. The van der Waals surface area contributed by atoms with Crippen LogP contribution < -0.4 is 10.2 Å². The van der Waals surface area contributed by atoms with Gasteiger partial charge in [0.2, 0.25) is 0 Å². The van der Waals surface area contributed by atoms with Crippen LogP contribution in [-0.2, 0) is 6.54 Å². The second-order valence-corrected chi connectivity index (χ2v) is 7.86. The number of nitrogens with one attached hydrogen (secondary N) is 1. The highest BCUT2D eigenvalue weighted by Gasteiger charge is 2.28. The Bertz CT molecular complexity index is 457. The van der Waals surface area contributed by atoms with Crippen LogP contribution in [0.5, 0.6) is 0 Å². The van der Waals surface area contributed by atoms with Gasteiger partial charge < -0.3 is 10.2 Å². The maximum absolute atomic E-state index is 3.62. The smallest absolute Gasteiger partial charge is 0.0415 e. The second-order valence-electron chi connectivity index (χ2n) is 6.94. The fourth-order valence-electron chi connectivity index (χ4n) is 3.26. The zero-order valence-corrected chi connectivity index (χ0v) is 15.4. The van der Waals surface area contributed by atoms with E-state index in [1.165, 1.54) is 35.1 Å². The Morgan fingerprint density at radius 1 is 1.29 bits per heavy atom. The van der Waals surface area contributed by atoms with Gasteiger partial charge in [0.15, 0.2) is 0 Å². The molecular formula is C18H29BrN2. The lowest BCUT2D eigenvalue weighted by atomic mass is 10.0. The van der Waals surface area contributed by atoms with Gasteiger partial charge in [-0.2, -0.15) is 0 Å². The predicted octanol–water partition coefficient (Wildman–Crippen LogP) is 4.82. The van der Waals surface area contributed by atoms with Gasteiger partial charge in [-0.25, -0.2) is 0 Å². The molecule has 2 rings (SSSR count). The van der Waals surface area contributed by atoms with Crippen LogP contribution in [0.4, 0.5) is 5.69 Å². The van der Waals surface area contributed by atoms with E-state index in [1.54, 1.807) is 0 Å². The second kappa shape index (κ2) is 7.64. The van der Waals surface area contributed by atoms with Crippen molar-refractivity contribution in [1.29, 1.82) is 0 Å². The normalized spacial score (nSPS) is 19.0. The fraction of sp³-hybridized carbons (Fsp3) is 0.667. The van der Waals surface area contributed by atoms with Gasteiger partial charge in [-0.3, -0.25) is 0 Å². The molecule has 1 fully saturated rings. The van der Waals surface area contributed by atoms with Gasteiger partial charge in [0.25, 0.3) is 0 Å². The fourth-order valence-corrected chi connectivity index (χ4v) is 3.66. The third kappa shape index (κ3) is 4.46. The standard InChI is InChI=1S/C18H29BrN2/c1-13(2)11-20-12-15-10-16(19)7-8-18(15)21-9-5-6-17(21)14(3)4/h7-8,10,13-14,17,20H,5-6,9,11-12H2,1-4H3. The lowest BCUT2D eigenvalue weighted by molar-refractivity contribution is 0.490. The van der Waals surface area contributed by atoms with E-state index in [-0.39, 0.29) is 0 Å². The minimum absolute atomic E-state index is 0.690. The van der Waals surface area contributed by atoms with Crippen molar-refractivity contribution in [2.45, 2.75) is 53.1 Å². The molecule has 1 aromatic rings. The first-order valence-corrected chi connectivity index (χ1v) is 9.04. The summed E-state index contributed by atoms with van der Waals surface area (Å²) in [6.45, 7) is 12.4. The van der Waals surface area contributed by atoms with E-state index in [9.17, 15) is 0 Å². The van der Waals surface area contributed by atoms with E-state index in [4.69, 9.17) is 0 Å². The van der Waals surface area contributed by atoms with Gasteiger partial charge in [-0.1, -0.05) is 43.6 Å². The number of hydrogen-bond acceptors (Lipinski definition) is 2. The minimum atomic E-state index is 0.690. The number of nitrogens with zero attached hydrogens (tertiary/aromatic N) is 1. The Balaban J connectivity index is 2.18. The highest BCUT2D eigenvalue weighted by molar-refractivity contribution is 9.10. The van der Waals surface area contributed by atoms with Gasteiger partial charge in [0.05, 0.1) is 0 Å². The monoisotopic (exact) mass is 352 g/mol. The molecule has 1 unspecified atom stereocenters. The summed E-state index contributed by atoms with van der Waals surface area (Å²) in [5, 5.41) is 3.59. The molecule has 1 N–H and O–H groups in total.